The lowest BCUT2D eigenvalue weighted by atomic mass is 10.2. The SMILES string of the molecule is CCSc1ccccc1C(=O)Nc1nnc(-c2ccc(OC)cc2)s1. The smallest absolute Gasteiger partial charge is 0.258 e. The van der Waals surface area contributed by atoms with Crippen molar-refractivity contribution in [2.24, 2.45) is 0 Å². The second-order valence-electron chi connectivity index (χ2n) is 5.02. The monoisotopic (exact) mass is 371 g/mol. The van der Waals surface area contributed by atoms with Crippen LogP contribution in [-0.4, -0.2) is 29.0 Å². The molecule has 0 aliphatic carbocycles. The van der Waals surface area contributed by atoms with E-state index in [9.17, 15) is 4.79 Å². The normalized spacial score (nSPS) is 10.5. The van der Waals surface area contributed by atoms with Crippen molar-refractivity contribution in [3.63, 3.8) is 0 Å². The molecule has 0 radical (unpaired) electrons. The second kappa shape index (κ2) is 8.13. The Balaban J connectivity index is 1.76. The summed E-state index contributed by atoms with van der Waals surface area (Å²) in [5, 5.41) is 12.3. The first-order valence-electron chi connectivity index (χ1n) is 7.72. The summed E-state index contributed by atoms with van der Waals surface area (Å²) in [5.41, 5.74) is 1.58. The molecule has 0 unspecified atom stereocenters. The summed E-state index contributed by atoms with van der Waals surface area (Å²) in [6.45, 7) is 2.06. The van der Waals surface area contributed by atoms with Gasteiger partial charge in [0.15, 0.2) is 0 Å². The summed E-state index contributed by atoms with van der Waals surface area (Å²) in [5.74, 6) is 1.52. The van der Waals surface area contributed by atoms with Crippen molar-refractivity contribution in [2.45, 2.75) is 11.8 Å². The molecule has 0 aliphatic heterocycles. The predicted octanol–water partition coefficient (Wildman–Crippen LogP) is 4.58. The number of hydrogen-bond donors (Lipinski definition) is 1. The Labute approximate surface area is 154 Å². The van der Waals surface area contributed by atoms with Gasteiger partial charge in [0.05, 0.1) is 12.7 Å². The molecule has 0 fully saturated rings. The molecule has 0 spiro atoms. The highest BCUT2D eigenvalue weighted by molar-refractivity contribution is 7.99. The molecule has 0 saturated heterocycles. The first-order valence-corrected chi connectivity index (χ1v) is 9.52. The minimum atomic E-state index is -0.172. The van der Waals surface area contributed by atoms with E-state index in [4.69, 9.17) is 4.74 Å². The van der Waals surface area contributed by atoms with Crippen LogP contribution >= 0.6 is 23.1 Å². The van der Waals surface area contributed by atoms with Gasteiger partial charge in [-0.1, -0.05) is 30.4 Å². The number of benzene rings is 2. The molecule has 1 N–H and O–H groups in total. The summed E-state index contributed by atoms with van der Waals surface area (Å²) in [7, 11) is 1.63. The number of nitrogens with zero attached hydrogens (tertiary/aromatic N) is 2. The van der Waals surface area contributed by atoms with Gasteiger partial charge >= 0.3 is 0 Å². The highest BCUT2D eigenvalue weighted by atomic mass is 32.2. The van der Waals surface area contributed by atoms with Gasteiger partial charge in [-0.05, 0) is 42.2 Å². The van der Waals surface area contributed by atoms with E-state index in [1.807, 2.05) is 48.5 Å². The Morgan fingerprint density at radius 2 is 1.92 bits per heavy atom. The van der Waals surface area contributed by atoms with Gasteiger partial charge in [-0.15, -0.1) is 22.0 Å². The number of rotatable bonds is 6. The maximum Gasteiger partial charge on any atom is 0.258 e. The molecule has 0 bridgehead atoms. The van der Waals surface area contributed by atoms with E-state index in [0.717, 1.165) is 27.0 Å². The maximum atomic E-state index is 12.5. The molecule has 1 amide bonds. The van der Waals surface area contributed by atoms with E-state index in [-0.39, 0.29) is 5.91 Å². The van der Waals surface area contributed by atoms with E-state index < -0.39 is 0 Å². The zero-order chi connectivity index (χ0) is 17.6. The number of carbonyl (C=O) groups excluding carboxylic acids is 1. The molecule has 5 nitrogen and oxygen atoms in total. The molecule has 2 aromatic carbocycles. The molecular formula is C18H17N3O2S2. The van der Waals surface area contributed by atoms with E-state index in [0.29, 0.717) is 10.7 Å². The molecule has 128 valence electrons. The number of aromatic nitrogens is 2. The molecule has 0 atom stereocenters. The molecule has 0 aliphatic rings. The topological polar surface area (TPSA) is 64.1 Å². The van der Waals surface area contributed by atoms with E-state index in [1.54, 1.807) is 18.9 Å². The van der Waals surface area contributed by atoms with Crippen LogP contribution in [0.4, 0.5) is 5.13 Å². The van der Waals surface area contributed by atoms with Crippen molar-refractivity contribution < 1.29 is 9.53 Å². The van der Waals surface area contributed by atoms with Gasteiger partial charge in [-0.2, -0.15) is 0 Å². The molecule has 3 aromatic rings. The summed E-state index contributed by atoms with van der Waals surface area (Å²) < 4.78 is 5.15. The second-order valence-corrected chi connectivity index (χ2v) is 7.31. The fourth-order valence-electron chi connectivity index (χ4n) is 2.22. The van der Waals surface area contributed by atoms with Crippen LogP contribution in [0.5, 0.6) is 5.75 Å². The number of thioether (sulfide) groups is 1. The van der Waals surface area contributed by atoms with Gasteiger partial charge in [0, 0.05) is 10.5 Å². The largest absolute Gasteiger partial charge is 0.497 e. The van der Waals surface area contributed by atoms with Gasteiger partial charge < -0.3 is 4.74 Å². The van der Waals surface area contributed by atoms with Crippen LogP contribution in [0.3, 0.4) is 0 Å². The number of anilines is 1. The molecular weight excluding hydrogens is 354 g/mol. The third-order valence-corrected chi connectivity index (χ3v) is 5.26. The fraction of sp³-hybridized carbons (Fsp3) is 0.167. The zero-order valence-electron chi connectivity index (χ0n) is 13.9. The number of methoxy groups -OCH3 is 1. The maximum absolute atomic E-state index is 12.5. The third-order valence-electron chi connectivity index (χ3n) is 3.41. The average molecular weight is 371 g/mol. The summed E-state index contributed by atoms with van der Waals surface area (Å²) in [6.07, 6.45) is 0. The summed E-state index contributed by atoms with van der Waals surface area (Å²) in [6, 6.07) is 15.1. The van der Waals surface area contributed by atoms with Crippen LogP contribution < -0.4 is 10.1 Å². The summed E-state index contributed by atoms with van der Waals surface area (Å²) in [4.78, 5) is 13.5. The first kappa shape index (κ1) is 17.4. The van der Waals surface area contributed by atoms with Crippen LogP contribution in [0.1, 0.15) is 17.3 Å². The van der Waals surface area contributed by atoms with Crippen LogP contribution in [-0.2, 0) is 0 Å². The Kier molecular flexibility index (Phi) is 5.67. The third kappa shape index (κ3) is 4.18. The lowest BCUT2D eigenvalue weighted by molar-refractivity contribution is 0.102. The molecule has 0 saturated carbocycles. The van der Waals surface area contributed by atoms with Crippen molar-refractivity contribution in [2.75, 3.05) is 18.2 Å². The first-order chi connectivity index (χ1) is 12.2. The van der Waals surface area contributed by atoms with Crippen molar-refractivity contribution in [3.05, 3.63) is 54.1 Å². The predicted molar refractivity (Wildman–Crippen MR) is 103 cm³/mol. The van der Waals surface area contributed by atoms with Gasteiger partial charge in [0.1, 0.15) is 10.8 Å². The number of hydrogen-bond acceptors (Lipinski definition) is 6. The molecule has 25 heavy (non-hydrogen) atoms. The van der Waals surface area contributed by atoms with Crippen molar-refractivity contribution in [1.29, 1.82) is 0 Å². The molecule has 3 rings (SSSR count). The fourth-order valence-corrected chi connectivity index (χ4v) is 3.77. The number of carbonyl (C=O) groups is 1. The van der Waals surface area contributed by atoms with E-state index >= 15 is 0 Å². The zero-order valence-corrected chi connectivity index (χ0v) is 15.5. The Bertz CT molecular complexity index is 863. The van der Waals surface area contributed by atoms with Gasteiger partial charge in [0.2, 0.25) is 5.13 Å². The lowest BCUT2D eigenvalue weighted by Gasteiger charge is -2.06. The standard InChI is InChI=1S/C18H17N3O2S2/c1-3-24-15-7-5-4-6-14(15)16(22)19-18-21-20-17(25-18)12-8-10-13(23-2)11-9-12/h4-11H,3H2,1-2H3,(H,19,21,22). The Morgan fingerprint density at radius 1 is 1.16 bits per heavy atom. The summed E-state index contributed by atoms with van der Waals surface area (Å²) >= 11 is 2.98. The van der Waals surface area contributed by atoms with Crippen molar-refractivity contribution in [3.8, 4) is 16.3 Å². The van der Waals surface area contributed by atoms with E-state index in [2.05, 4.69) is 22.4 Å². The van der Waals surface area contributed by atoms with Crippen LogP contribution in [0.15, 0.2) is 53.4 Å². The van der Waals surface area contributed by atoms with E-state index in [1.165, 1.54) is 11.3 Å². The van der Waals surface area contributed by atoms with Crippen molar-refractivity contribution in [1.82, 2.24) is 10.2 Å². The highest BCUT2D eigenvalue weighted by Gasteiger charge is 2.14. The Hall–Kier alpha value is -2.38. The van der Waals surface area contributed by atoms with Crippen molar-refractivity contribution >= 4 is 34.1 Å². The van der Waals surface area contributed by atoms with Crippen LogP contribution in [0, 0.1) is 0 Å². The van der Waals surface area contributed by atoms with Gasteiger partial charge in [0.25, 0.3) is 5.91 Å². The number of nitrogens with one attached hydrogen (secondary N) is 1. The number of ether oxygens (including phenoxy) is 1. The molecule has 1 aromatic heterocycles. The van der Waals surface area contributed by atoms with Gasteiger partial charge in [-0.3, -0.25) is 10.1 Å². The average Bonchev–Trinajstić information content (AvgIpc) is 3.11. The minimum absolute atomic E-state index is 0.172. The van der Waals surface area contributed by atoms with Gasteiger partial charge in [-0.25, -0.2) is 0 Å². The molecule has 1 heterocycles. The lowest BCUT2D eigenvalue weighted by Crippen LogP contribution is -2.12. The van der Waals surface area contributed by atoms with Crippen LogP contribution in [0.2, 0.25) is 0 Å². The van der Waals surface area contributed by atoms with Crippen LogP contribution in [0.25, 0.3) is 10.6 Å². The minimum Gasteiger partial charge on any atom is -0.497 e. The number of amides is 1. The Morgan fingerprint density at radius 3 is 2.64 bits per heavy atom. The highest BCUT2D eigenvalue weighted by Crippen LogP contribution is 2.29. The molecule has 7 heteroatoms. The quantitative estimate of drug-likeness (QED) is 0.643.